The summed E-state index contributed by atoms with van der Waals surface area (Å²) < 4.78 is 0. The number of nitrogens with zero attached hydrogens (tertiary/aromatic N) is 7. The molecule has 4 saturated heterocycles. The van der Waals surface area contributed by atoms with Crippen LogP contribution >= 0.6 is 0 Å². The van der Waals surface area contributed by atoms with E-state index in [-0.39, 0.29) is 48.9 Å². The minimum absolute atomic E-state index is 0.0528. The summed E-state index contributed by atoms with van der Waals surface area (Å²) in [6.45, 7) is 14.8. The second-order valence-electron chi connectivity index (χ2n) is 22.8. The number of benzene rings is 2. The number of aromatic nitrogens is 2. The van der Waals surface area contributed by atoms with Gasteiger partial charge < -0.3 is 45.8 Å². The number of aliphatic hydroxyl groups excluding tert-OH is 1. The van der Waals surface area contributed by atoms with E-state index < -0.39 is 23.6 Å². The Bertz CT molecular complexity index is 2400. The third-order valence-electron chi connectivity index (χ3n) is 17.4. The topological polar surface area (TPSA) is 170 Å². The SMILES string of the molecule is C#Cc1ccc(CNC(=O)[C@@H]2C[C@@H](O)CN2C(=O)[C@@H](NC(=O)[C@H]2CCC3(CC2)C[C@H](N2CCC(N4CCC(N5CCN6c7cc(-c8ccccc8O)nnc7NC[C@H]6C5)CC4)CC2)C3)C(C)(C)C)cc1. The number of phenolic OH excluding ortho intramolecular Hbond substituents is 1. The molecule has 5 aliphatic heterocycles. The molecule has 6 fully saturated rings. The first-order chi connectivity index (χ1) is 33.7. The molecule has 2 saturated carbocycles. The number of aromatic hydroxyl groups is 1. The van der Waals surface area contributed by atoms with Crippen LogP contribution in [-0.2, 0) is 20.9 Å². The normalized spacial score (nSPS) is 28.5. The van der Waals surface area contributed by atoms with Crippen molar-refractivity contribution >= 4 is 29.2 Å². The third kappa shape index (κ3) is 10.1. The lowest BCUT2D eigenvalue weighted by Gasteiger charge is -2.56. The van der Waals surface area contributed by atoms with E-state index in [0.29, 0.717) is 40.8 Å². The molecule has 15 heteroatoms. The third-order valence-corrected chi connectivity index (χ3v) is 17.4. The number of para-hydroxylation sites is 1. The maximum Gasteiger partial charge on any atom is 0.246 e. The quantitative estimate of drug-likeness (QED) is 0.176. The van der Waals surface area contributed by atoms with Gasteiger partial charge in [-0.05, 0) is 137 Å². The average molecular weight is 955 g/mol. The number of piperazine rings is 1. The molecule has 2 aromatic carbocycles. The molecule has 374 valence electrons. The van der Waals surface area contributed by atoms with E-state index in [4.69, 9.17) is 6.42 Å². The molecule has 1 spiro atoms. The standard InChI is InChI=1S/C55H74N10O5/c1-5-36-10-12-37(13-11-36)32-57-52(69)47-28-43(66)35-65(47)53(70)49(54(2,3)4)58-51(68)38-14-20-55(21-15-38)30-41(31-55)62-24-16-39(17-25-62)61-22-18-40(19-23-61)63-26-27-64-42(34-63)33-56-50-46(64)29-45(59-60-50)44-8-6-7-9-48(44)67/h1,6-13,29,38-43,47,49,66-67H,14-28,30-35H2,2-4H3,(H,56,60)(H,57,69)(H,58,68)/t38-,41-,42-,43+,47-,49+,55?/m0/s1. The van der Waals surface area contributed by atoms with Gasteiger partial charge in [0.05, 0.1) is 23.5 Å². The van der Waals surface area contributed by atoms with E-state index in [0.717, 1.165) is 74.5 Å². The van der Waals surface area contributed by atoms with E-state index in [2.05, 4.69) is 57.7 Å². The predicted octanol–water partition coefficient (Wildman–Crippen LogP) is 4.82. The van der Waals surface area contributed by atoms with E-state index in [9.17, 15) is 24.6 Å². The number of hydrogen-bond donors (Lipinski definition) is 5. The Hall–Kier alpha value is -5.27. The number of amides is 3. The van der Waals surface area contributed by atoms with Gasteiger partial charge in [0.25, 0.3) is 0 Å². The van der Waals surface area contributed by atoms with Crippen LogP contribution in [0.5, 0.6) is 5.75 Å². The number of rotatable bonds is 10. The largest absolute Gasteiger partial charge is 0.507 e. The number of carbonyl (C=O) groups is 3. The number of likely N-dealkylation sites (tertiary alicyclic amines) is 3. The molecular formula is C55H74N10O5. The first kappa shape index (κ1) is 48.4. The molecule has 2 aliphatic carbocycles. The molecule has 3 aromatic rings. The number of phenols is 1. The van der Waals surface area contributed by atoms with Gasteiger partial charge in [-0.1, -0.05) is 51.0 Å². The zero-order valence-corrected chi connectivity index (χ0v) is 41.5. The summed E-state index contributed by atoms with van der Waals surface area (Å²) >= 11 is 0. The Morgan fingerprint density at radius 2 is 1.50 bits per heavy atom. The summed E-state index contributed by atoms with van der Waals surface area (Å²) in [5, 5.41) is 39.7. The number of β-amino-alcohol motifs (C(OH)–C–C–N with tert-alkyl or cyclic N) is 1. The van der Waals surface area contributed by atoms with Crippen molar-refractivity contribution < 1.29 is 24.6 Å². The molecule has 3 amide bonds. The molecule has 10 rings (SSSR count). The van der Waals surface area contributed by atoms with Gasteiger partial charge in [0, 0.05) is 80.9 Å². The van der Waals surface area contributed by atoms with Crippen LogP contribution in [0.1, 0.15) is 103 Å². The lowest BCUT2D eigenvalue weighted by molar-refractivity contribution is -0.145. The number of fused-ring (bicyclic) bond motifs is 3. The highest BCUT2D eigenvalue weighted by molar-refractivity contribution is 5.93. The maximum atomic E-state index is 14.2. The second kappa shape index (κ2) is 20.1. The van der Waals surface area contributed by atoms with Crippen LogP contribution < -0.4 is 20.9 Å². The molecule has 7 aliphatic rings. The highest BCUT2D eigenvalue weighted by atomic mass is 16.3. The number of carbonyl (C=O) groups excluding carboxylic acids is 3. The van der Waals surface area contributed by atoms with Crippen LogP contribution in [-0.4, -0.2) is 159 Å². The van der Waals surface area contributed by atoms with Crippen molar-refractivity contribution in [2.75, 3.05) is 69.1 Å². The van der Waals surface area contributed by atoms with Gasteiger partial charge in [-0.3, -0.25) is 19.3 Å². The Balaban J connectivity index is 0.644. The van der Waals surface area contributed by atoms with Gasteiger partial charge in [-0.25, -0.2) is 0 Å². The van der Waals surface area contributed by atoms with Crippen LogP contribution in [0.25, 0.3) is 11.3 Å². The highest BCUT2D eigenvalue weighted by Crippen LogP contribution is 2.55. The van der Waals surface area contributed by atoms with E-state index in [1.165, 1.54) is 69.6 Å². The number of piperidine rings is 2. The number of hydrogen-bond acceptors (Lipinski definition) is 12. The van der Waals surface area contributed by atoms with Crippen LogP contribution in [0.15, 0.2) is 54.6 Å². The zero-order valence-electron chi connectivity index (χ0n) is 41.5. The second-order valence-corrected chi connectivity index (χ2v) is 22.8. The smallest absolute Gasteiger partial charge is 0.246 e. The molecule has 15 nitrogen and oxygen atoms in total. The zero-order chi connectivity index (χ0) is 48.7. The van der Waals surface area contributed by atoms with E-state index in [1.807, 2.05) is 63.2 Å². The summed E-state index contributed by atoms with van der Waals surface area (Å²) in [6.07, 6.45) is 15.9. The van der Waals surface area contributed by atoms with Crippen LogP contribution in [0.4, 0.5) is 11.5 Å². The van der Waals surface area contributed by atoms with E-state index in [1.54, 1.807) is 6.07 Å². The number of terminal acetylenes is 1. The van der Waals surface area contributed by atoms with Crippen molar-refractivity contribution in [3.05, 3.63) is 65.7 Å². The first-order valence-corrected chi connectivity index (χ1v) is 26.2. The van der Waals surface area contributed by atoms with Crippen molar-refractivity contribution in [1.82, 2.24) is 40.4 Å². The molecule has 6 heterocycles. The molecule has 0 bridgehead atoms. The van der Waals surface area contributed by atoms with Gasteiger partial charge >= 0.3 is 0 Å². The highest BCUT2D eigenvalue weighted by Gasteiger charge is 2.50. The number of anilines is 2. The van der Waals surface area contributed by atoms with Gasteiger partial charge in [-0.15, -0.1) is 16.6 Å². The van der Waals surface area contributed by atoms with Gasteiger partial charge in [0.15, 0.2) is 5.82 Å². The lowest BCUT2D eigenvalue weighted by atomic mass is 9.56. The number of nitrogens with one attached hydrogen (secondary N) is 3. The monoisotopic (exact) mass is 955 g/mol. The van der Waals surface area contributed by atoms with Crippen molar-refractivity contribution in [3.8, 4) is 29.4 Å². The first-order valence-electron chi connectivity index (χ1n) is 26.2. The van der Waals surface area contributed by atoms with Gasteiger partial charge in [0.2, 0.25) is 17.7 Å². The maximum absolute atomic E-state index is 14.2. The van der Waals surface area contributed by atoms with Crippen LogP contribution in [0.3, 0.4) is 0 Å². The summed E-state index contributed by atoms with van der Waals surface area (Å²) in [6, 6.07) is 17.4. The molecule has 4 atom stereocenters. The van der Waals surface area contributed by atoms with Crippen LogP contribution in [0, 0.1) is 29.1 Å². The molecule has 70 heavy (non-hydrogen) atoms. The number of aliphatic hydroxyl groups is 1. The molecular weight excluding hydrogens is 881 g/mol. The minimum atomic E-state index is -0.824. The Labute approximate surface area is 414 Å². The molecule has 0 radical (unpaired) electrons. The fourth-order valence-electron chi connectivity index (χ4n) is 13.2. The van der Waals surface area contributed by atoms with Crippen LogP contribution in [0.2, 0.25) is 0 Å². The van der Waals surface area contributed by atoms with Gasteiger partial charge in [0.1, 0.15) is 17.8 Å². The van der Waals surface area contributed by atoms with Gasteiger partial charge in [-0.2, -0.15) is 0 Å². The lowest BCUT2D eigenvalue weighted by Crippen LogP contribution is -2.61. The summed E-state index contributed by atoms with van der Waals surface area (Å²) in [5.41, 5.74) is 3.85. The Kier molecular flexibility index (Phi) is 13.9. The minimum Gasteiger partial charge on any atom is -0.507 e. The van der Waals surface area contributed by atoms with Crippen molar-refractivity contribution in [1.29, 1.82) is 0 Å². The molecule has 0 unspecified atom stereocenters. The molecule has 1 aromatic heterocycles. The summed E-state index contributed by atoms with van der Waals surface area (Å²) in [7, 11) is 0. The van der Waals surface area contributed by atoms with Crippen molar-refractivity contribution in [2.45, 2.75) is 140 Å². The predicted molar refractivity (Wildman–Crippen MR) is 271 cm³/mol. The Morgan fingerprint density at radius 3 is 2.17 bits per heavy atom. The summed E-state index contributed by atoms with van der Waals surface area (Å²) in [5.74, 6) is 2.78. The fraction of sp³-hybridized carbons (Fsp3) is 0.618. The van der Waals surface area contributed by atoms with Crippen molar-refractivity contribution in [2.24, 2.45) is 16.7 Å². The summed E-state index contributed by atoms with van der Waals surface area (Å²) in [4.78, 5) is 53.9. The molecule has 5 N–H and O–H groups in total. The van der Waals surface area contributed by atoms with E-state index >= 15 is 0 Å². The fourth-order valence-corrected chi connectivity index (χ4v) is 13.2. The average Bonchev–Trinajstić information content (AvgIpc) is 3.77. The van der Waals surface area contributed by atoms with Crippen molar-refractivity contribution in [3.63, 3.8) is 0 Å². The Morgan fingerprint density at radius 1 is 0.829 bits per heavy atom.